The monoisotopic (exact) mass is 448 g/mol. The lowest BCUT2D eigenvalue weighted by atomic mass is 9.77. The quantitative estimate of drug-likeness (QED) is 0.667. The third kappa shape index (κ3) is 5.61. The number of piperidine rings is 1. The Balaban J connectivity index is 1.31. The van der Waals surface area contributed by atoms with Crippen molar-refractivity contribution < 1.29 is 9.59 Å². The van der Waals surface area contributed by atoms with Gasteiger partial charge in [-0.2, -0.15) is 0 Å². The van der Waals surface area contributed by atoms with Gasteiger partial charge in [0.25, 0.3) is 0 Å². The van der Waals surface area contributed by atoms with Crippen LogP contribution < -0.4 is 5.32 Å². The molecule has 6 nitrogen and oxygen atoms in total. The molecule has 2 aliphatic rings. The minimum absolute atomic E-state index is 0.0148. The number of amides is 2. The summed E-state index contributed by atoms with van der Waals surface area (Å²) in [5.74, 6) is 0.382. The van der Waals surface area contributed by atoms with Crippen LogP contribution in [0.15, 0.2) is 54.9 Å². The van der Waals surface area contributed by atoms with Gasteiger partial charge in [0, 0.05) is 37.9 Å². The van der Waals surface area contributed by atoms with Gasteiger partial charge in [0.05, 0.1) is 11.5 Å². The number of rotatable bonds is 8. The number of carbonyl (C=O) groups is 2. The first-order valence-corrected chi connectivity index (χ1v) is 12.2. The summed E-state index contributed by atoms with van der Waals surface area (Å²) in [4.78, 5) is 34.2. The molecule has 2 fully saturated rings. The Bertz CT molecular complexity index is 924. The molecule has 1 unspecified atom stereocenters. The second-order valence-electron chi connectivity index (χ2n) is 9.87. The number of pyridine rings is 1. The predicted molar refractivity (Wildman–Crippen MR) is 129 cm³/mol. The lowest BCUT2D eigenvalue weighted by Gasteiger charge is -2.38. The zero-order valence-electron chi connectivity index (χ0n) is 19.9. The van der Waals surface area contributed by atoms with E-state index in [0.717, 1.165) is 63.0 Å². The molecule has 33 heavy (non-hydrogen) atoms. The summed E-state index contributed by atoms with van der Waals surface area (Å²) in [7, 11) is 0. The molecule has 1 atom stereocenters. The van der Waals surface area contributed by atoms with E-state index in [1.165, 1.54) is 0 Å². The Morgan fingerprint density at radius 1 is 1.03 bits per heavy atom. The smallest absolute Gasteiger partial charge is 0.229 e. The number of hydrogen-bond acceptors (Lipinski definition) is 4. The van der Waals surface area contributed by atoms with Gasteiger partial charge in [-0.15, -0.1) is 0 Å². The summed E-state index contributed by atoms with van der Waals surface area (Å²) < 4.78 is 0. The molecule has 1 aromatic heterocycles. The minimum atomic E-state index is -0.186. The Labute approximate surface area is 197 Å². The molecule has 2 saturated heterocycles. The van der Waals surface area contributed by atoms with E-state index in [1.54, 1.807) is 12.4 Å². The van der Waals surface area contributed by atoms with Crippen LogP contribution in [-0.4, -0.2) is 52.8 Å². The molecule has 2 aliphatic heterocycles. The van der Waals surface area contributed by atoms with Crippen LogP contribution in [0.3, 0.4) is 0 Å². The lowest BCUT2D eigenvalue weighted by Crippen LogP contribution is -2.45. The number of hydrogen-bond donors (Lipinski definition) is 1. The second-order valence-corrected chi connectivity index (χ2v) is 9.87. The number of benzene rings is 1. The lowest BCUT2D eigenvalue weighted by molar-refractivity contribution is -0.139. The van der Waals surface area contributed by atoms with Gasteiger partial charge >= 0.3 is 0 Å². The van der Waals surface area contributed by atoms with E-state index in [0.29, 0.717) is 12.5 Å². The van der Waals surface area contributed by atoms with Crippen molar-refractivity contribution in [2.75, 3.05) is 26.2 Å². The zero-order valence-corrected chi connectivity index (χ0v) is 19.9. The van der Waals surface area contributed by atoms with Crippen LogP contribution in [0.1, 0.15) is 56.7 Å². The van der Waals surface area contributed by atoms with Gasteiger partial charge in [-0.1, -0.05) is 44.2 Å². The van der Waals surface area contributed by atoms with Crippen LogP contribution in [0.4, 0.5) is 0 Å². The van der Waals surface area contributed by atoms with Gasteiger partial charge < -0.3 is 15.1 Å². The average molecular weight is 449 g/mol. The summed E-state index contributed by atoms with van der Waals surface area (Å²) in [6.45, 7) is 8.18. The van der Waals surface area contributed by atoms with Gasteiger partial charge in [-0.05, 0) is 62.0 Å². The van der Waals surface area contributed by atoms with E-state index in [2.05, 4.69) is 27.3 Å². The Hall–Kier alpha value is -2.73. The van der Waals surface area contributed by atoms with E-state index < -0.39 is 0 Å². The molecule has 0 aliphatic carbocycles. The maximum absolute atomic E-state index is 13.3. The molecule has 0 saturated carbocycles. The van der Waals surface area contributed by atoms with Crippen LogP contribution >= 0.6 is 0 Å². The number of aromatic nitrogens is 1. The van der Waals surface area contributed by atoms with Gasteiger partial charge in [0.2, 0.25) is 11.8 Å². The highest BCUT2D eigenvalue weighted by Crippen LogP contribution is 2.42. The molecule has 4 rings (SSSR count). The molecule has 0 radical (unpaired) electrons. The fraction of sp³-hybridized carbons (Fsp3) is 0.519. The van der Waals surface area contributed by atoms with Crippen LogP contribution in [-0.2, 0) is 16.1 Å². The van der Waals surface area contributed by atoms with Crippen molar-refractivity contribution in [1.82, 2.24) is 20.1 Å². The molecule has 1 aromatic carbocycles. The molecule has 2 amide bonds. The average Bonchev–Trinajstić information content (AvgIpc) is 3.13. The number of nitrogens with zero attached hydrogens (tertiary/aromatic N) is 3. The van der Waals surface area contributed by atoms with Crippen molar-refractivity contribution in [3.8, 4) is 0 Å². The van der Waals surface area contributed by atoms with Crippen molar-refractivity contribution in [2.45, 2.75) is 52.1 Å². The standard InChI is InChI=1S/C27H36N4O2/c1-21(2)25(32)29-24(23-6-4-3-5-7-23)10-16-30-17-11-27(12-18-30)13-19-31(26(27)33)20-22-8-14-28-15-9-22/h3-9,14-15,21,24H,10-13,16-20H2,1-2H3,(H,29,32). The predicted octanol–water partition coefficient (Wildman–Crippen LogP) is 3.80. The summed E-state index contributed by atoms with van der Waals surface area (Å²) in [6, 6.07) is 14.2. The van der Waals surface area contributed by atoms with E-state index in [4.69, 9.17) is 0 Å². The summed E-state index contributed by atoms with van der Waals surface area (Å²) in [5, 5.41) is 3.23. The first-order chi connectivity index (χ1) is 16.0. The largest absolute Gasteiger partial charge is 0.349 e. The van der Waals surface area contributed by atoms with Gasteiger partial charge in [0.1, 0.15) is 0 Å². The fourth-order valence-corrected chi connectivity index (χ4v) is 5.08. The Morgan fingerprint density at radius 2 is 1.70 bits per heavy atom. The Morgan fingerprint density at radius 3 is 2.36 bits per heavy atom. The molecule has 176 valence electrons. The van der Waals surface area contributed by atoms with E-state index in [-0.39, 0.29) is 23.3 Å². The van der Waals surface area contributed by atoms with E-state index >= 15 is 0 Å². The van der Waals surface area contributed by atoms with E-state index in [9.17, 15) is 9.59 Å². The topological polar surface area (TPSA) is 65.5 Å². The summed E-state index contributed by atoms with van der Waals surface area (Å²) in [5.41, 5.74) is 2.11. The number of likely N-dealkylation sites (tertiary alicyclic amines) is 2. The third-order valence-corrected chi connectivity index (χ3v) is 7.31. The molecule has 6 heteroatoms. The first-order valence-electron chi connectivity index (χ1n) is 12.2. The van der Waals surface area contributed by atoms with Crippen LogP contribution in [0.25, 0.3) is 0 Å². The van der Waals surface area contributed by atoms with Crippen molar-refractivity contribution >= 4 is 11.8 Å². The summed E-state index contributed by atoms with van der Waals surface area (Å²) >= 11 is 0. The highest BCUT2D eigenvalue weighted by atomic mass is 16.2. The molecule has 2 aromatic rings. The van der Waals surface area contributed by atoms with Gasteiger partial charge in [0.15, 0.2) is 0 Å². The van der Waals surface area contributed by atoms with Crippen molar-refractivity contribution in [1.29, 1.82) is 0 Å². The van der Waals surface area contributed by atoms with Crippen molar-refractivity contribution in [3.63, 3.8) is 0 Å². The maximum atomic E-state index is 13.3. The molecular formula is C27H36N4O2. The van der Waals surface area contributed by atoms with Crippen molar-refractivity contribution in [2.24, 2.45) is 11.3 Å². The van der Waals surface area contributed by atoms with Crippen LogP contribution in [0.2, 0.25) is 0 Å². The van der Waals surface area contributed by atoms with Gasteiger partial charge in [-0.3, -0.25) is 14.6 Å². The fourth-order valence-electron chi connectivity index (χ4n) is 5.08. The molecule has 3 heterocycles. The normalized spacial score (nSPS) is 19.2. The summed E-state index contributed by atoms with van der Waals surface area (Å²) in [6.07, 6.45) is 7.26. The molecule has 1 spiro atoms. The van der Waals surface area contributed by atoms with Crippen molar-refractivity contribution in [3.05, 3.63) is 66.0 Å². The molecule has 1 N–H and O–H groups in total. The maximum Gasteiger partial charge on any atom is 0.229 e. The highest BCUT2D eigenvalue weighted by molar-refractivity contribution is 5.85. The SMILES string of the molecule is CC(C)C(=O)NC(CCN1CCC2(CC1)CCN(Cc1ccncc1)C2=O)c1ccccc1. The molecule has 0 bridgehead atoms. The number of nitrogens with one attached hydrogen (secondary N) is 1. The van der Waals surface area contributed by atoms with Crippen LogP contribution in [0, 0.1) is 11.3 Å². The van der Waals surface area contributed by atoms with Gasteiger partial charge in [-0.25, -0.2) is 0 Å². The number of carbonyl (C=O) groups excluding carboxylic acids is 2. The first kappa shape index (κ1) is 23.4. The molecular weight excluding hydrogens is 412 g/mol. The minimum Gasteiger partial charge on any atom is -0.349 e. The highest BCUT2D eigenvalue weighted by Gasteiger charge is 2.47. The third-order valence-electron chi connectivity index (χ3n) is 7.31. The van der Waals surface area contributed by atoms with E-state index in [1.807, 2.05) is 49.1 Å². The van der Waals surface area contributed by atoms with Crippen LogP contribution in [0.5, 0.6) is 0 Å². The second kappa shape index (κ2) is 10.5. The zero-order chi connectivity index (χ0) is 23.3. The Kier molecular flexibility index (Phi) is 7.43.